The van der Waals surface area contributed by atoms with E-state index in [4.69, 9.17) is 10.00 Å². The van der Waals surface area contributed by atoms with Crippen LogP contribution in [-0.2, 0) is 4.74 Å². The number of aromatic nitrogens is 5. The third kappa shape index (κ3) is 4.93. The highest BCUT2D eigenvalue weighted by molar-refractivity contribution is 7.99. The van der Waals surface area contributed by atoms with Crippen molar-refractivity contribution in [1.82, 2.24) is 25.6 Å². The normalized spacial score (nSPS) is 10.9. The van der Waals surface area contributed by atoms with Gasteiger partial charge in [0.2, 0.25) is 5.82 Å². The van der Waals surface area contributed by atoms with Gasteiger partial charge in [-0.2, -0.15) is 10.5 Å². The van der Waals surface area contributed by atoms with E-state index in [1.165, 1.54) is 18.0 Å². The molecule has 3 aromatic rings. The Bertz CT molecular complexity index is 1010. The van der Waals surface area contributed by atoms with E-state index in [0.717, 1.165) is 10.6 Å². The lowest BCUT2D eigenvalue weighted by Gasteiger charge is -2.06. The summed E-state index contributed by atoms with van der Waals surface area (Å²) in [6, 6.07) is 12.9. The summed E-state index contributed by atoms with van der Waals surface area (Å²) in [7, 11) is 0. The predicted octanol–water partition coefficient (Wildman–Crippen LogP) is 2.90. The first-order chi connectivity index (χ1) is 13.7. The van der Waals surface area contributed by atoms with Crippen molar-refractivity contribution in [3.8, 4) is 6.07 Å². The fourth-order valence-corrected chi connectivity index (χ4v) is 2.94. The Hall–Kier alpha value is -3.71. The second-order valence-electron chi connectivity index (χ2n) is 5.28. The molecular weight excluding hydrogens is 378 g/mol. The summed E-state index contributed by atoms with van der Waals surface area (Å²) in [5, 5.41) is 26.1. The van der Waals surface area contributed by atoms with Crippen LogP contribution < -0.4 is 5.32 Å². The van der Waals surface area contributed by atoms with Gasteiger partial charge in [-0.25, -0.2) is 9.78 Å². The van der Waals surface area contributed by atoms with Crippen LogP contribution in [0.2, 0.25) is 0 Å². The van der Waals surface area contributed by atoms with Crippen molar-refractivity contribution in [1.29, 1.82) is 5.26 Å². The minimum atomic E-state index is -0.368. The number of rotatable bonds is 7. The molecule has 0 aliphatic heterocycles. The van der Waals surface area contributed by atoms with Gasteiger partial charge in [0.05, 0.1) is 12.2 Å². The second-order valence-corrected chi connectivity index (χ2v) is 6.37. The Morgan fingerprint density at radius 1 is 1.36 bits per heavy atom. The van der Waals surface area contributed by atoms with Crippen molar-refractivity contribution >= 4 is 29.0 Å². The molecule has 0 fully saturated rings. The smallest absolute Gasteiger partial charge is 0.338 e. The largest absolute Gasteiger partial charge is 0.462 e. The van der Waals surface area contributed by atoms with Crippen LogP contribution in [-0.4, -0.2) is 38.2 Å². The topological polar surface area (TPSA) is 129 Å². The van der Waals surface area contributed by atoms with Crippen LogP contribution >= 0.6 is 11.8 Å². The number of aromatic amines is 1. The Balaban J connectivity index is 1.66. The maximum absolute atomic E-state index is 11.8. The van der Waals surface area contributed by atoms with Crippen molar-refractivity contribution in [2.24, 2.45) is 0 Å². The van der Waals surface area contributed by atoms with E-state index in [1.807, 2.05) is 30.3 Å². The fraction of sp³-hybridized carbons (Fsp3) is 0.111. The van der Waals surface area contributed by atoms with Crippen LogP contribution in [0.5, 0.6) is 0 Å². The zero-order valence-corrected chi connectivity index (χ0v) is 15.6. The molecule has 140 valence electrons. The van der Waals surface area contributed by atoms with Crippen LogP contribution in [0, 0.1) is 11.3 Å². The number of nitrogens with zero attached hydrogens (tertiary/aromatic N) is 5. The number of hydrogen-bond donors (Lipinski definition) is 2. The molecule has 0 radical (unpaired) electrons. The molecule has 0 spiro atoms. The van der Waals surface area contributed by atoms with Crippen LogP contribution in [0.4, 0.5) is 5.69 Å². The zero-order chi connectivity index (χ0) is 19.8. The minimum absolute atomic E-state index is 0.217. The van der Waals surface area contributed by atoms with Crippen LogP contribution in [0.15, 0.2) is 58.7 Å². The first-order valence-electron chi connectivity index (χ1n) is 8.21. The number of benzene rings is 1. The average molecular weight is 393 g/mol. The van der Waals surface area contributed by atoms with Crippen LogP contribution in [0.1, 0.15) is 23.1 Å². The number of nitriles is 1. The Morgan fingerprint density at radius 3 is 2.86 bits per heavy atom. The SMILES string of the molecule is CCOC(=O)c1ccnc(Sc2ccc(NC=C(C#N)c3nn[nH]n3)cc2)c1. The van der Waals surface area contributed by atoms with Crippen molar-refractivity contribution in [2.75, 3.05) is 11.9 Å². The Morgan fingerprint density at radius 2 is 2.18 bits per heavy atom. The summed E-state index contributed by atoms with van der Waals surface area (Å²) in [6.45, 7) is 2.09. The van der Waals surface area contributed by atoms with Crippen molar-refractivity contribution in [2.45, 2.75) is 16.8 Å². The number of anilines is 1. The molecule has 0 aliphatic rings. The lowest BCUT2D eigenvalue weighted by atomic mass is 10.3. The second kappa shape index (κ2) is 9.29. The third-order valence-corrected chi connectivity index (χ3v) is 4.35. The van der Waals surface area contributed by atoms with E-state index in [1.54, 1.807) is 25.3 Å². The zero-order valence-electron chi connectivity index (χ0n) is 14.8. The summed E-state index contributed by atoms with van der Waals surface area (Å²) >= 11 is 1.43. The van der Waals surface area contributed by atoms with Gasteiger partial charge in [0.25, 0.3) is 0 Å². The Labute approximate surface area is 164 Å². The number of carbonyl (C=O) groups is 1. The summed E-state index contributed by atoms with van der Waals surface area (Å²) in [5.41, 5.74) is 1.51. The first kappa shape index (κ1) is 19.1. The number of hydrogen-bond acceptors (Lipinski definition) is 9. The van der Waals surface area contributed by atoms with Crippen LogP contribution in [0.3, 0.4) is 0 Å². The van der Waals surface area contributed by atoms with E-state index < -0.39 is 0 Å². The van der Waals surface area contributed by atoms with Gasteiger partial charge in [-0.05, 0) is 48.5 Å². The van der Waals surface area contributed by atoms with Gasteiger partial charge >= 0.3 is 5.97 Å². The predicted molar refractivity (Wildman–Crippen MR) is 102 cm³/mol. The van der Waals surface area contributed by atoms with E-state index >= 15 is 0 Å². The molecule has 0 unspecified atom stereocenters. The molecule has 28 heavy (non-hydrogen) atoms. The molecule has 0 amide bonds. The molecule has 0 bridgehead atoms. The molecule has 0 saturated carbocycles. The average Bonchev–Trinajstić information content (AvgIpc) is 3.25. The number of nitrogens with one attached hydrogen (secondary N) is 2. The van der Waals surface area contributed by atoms with Gasteiger partial charge in [0.1, 0.15) is 16.7 Å². The van der Waals surface area contributed by atoms with Crippen molar-refractivity contribution in [3.05, 3.63) is 60.2 Å². The van der Waals surface area contributed by atoms with Crippen molar-refractivity contribution < 1.29 is 9.53 Å². The number of allylic oxidation sites excluding steroid dienone is 1. The summed E-state index contributed by atoms with van der Waals surface area (Å²) in [4.78, 5) is 17.0. The highest BCUT2D eigenvalue weighted by Crippen LogP contribution is 2.27. The summed E-state index contributed by atoms with van der Waals surface area (Å²) in [6.07, 6.45) is 3.09. The lowest BCUT2D eigenvalue weighted by Crippen LogP contribution is -2.04. The monoisotopic (exact) mass is 393 g/mol. The number of ether oxygens (including phenoxy) is 1. The minimum Gasteiger partial charge on any atom is -0.462 e. The number of esters is 1. The van der Waals surface area contributed by atoms with Gasteiger partial charge in [-0.3, -0.25) is 0 Å². The van der Waals surface area contributed by atoms with E-state index in [0.29, 0.717) is 17.2 Å². The molecule has 3 rings (SSSR count). The van der Waals surface area contributed by atoms with Crippen LogP contribution in [0.25, 0.3) is 5.57 Å². The quantitative estimate of drug-likeness (QED) is 0.459. The molecule has 2 heterocycles. The van der Waals surface area contributed by atoms with Crippen molar-refractivity contribution in [3.63, 3.8) is 0 Å². The molecular formula is C18H15N7O2S. The van der Waals surface area contributed by atoms with Gasteiger partial charge < -0.3 is 10.1 Å². The van der Waals surface area contributed by atoms with E-state index in [2.05, 4.69) is 30.9 Å². The molecule has 2 aromatic heterocycles. The highest BCUT2D eigenvalue weighted by atomic mass is 32.2. The maximum atomic E-state index is 11.8. The lowest BCUT2D eigenvalue weighted by molar-refractivity contribution is 0.0526. The number of carbonyl (C=O) groups excluding carboxylic acids is 1. The molecule has 0 saturated heterocycles. The molecule has 9 nitrogen and oxygen atoms in total. The van der Waals surface area contributed by atoms with Gasteiger partial charge in [-0.1, -0.05) is 11.8 Å². The molecule has 1 aromatic carbocycles. The number of pyridine rings is 1. The molecule has 0 atom stereocenters. The highest BCUT2D eigenvalue weighted by Gasteiger charge is 2.09. The summed E-state index contributed by atoms with van der Waals surface area (Å²) < 4.78 is 5.00. The molecule has 0 aliphatic carbocycles. The van der Waals surface area contributed by atoms with E-state index in [9.17, 15) is 4.79 Å². The molecule has 10 heteroatoms. The van der Waals surface area contributed by atoms with Gasteiger partial charge in [-0.15, -0.1) is 10.2 Å². The summed E-state index contributed by atoms with van der Waals surface area (Å²) in [5.74, 6) is -0.150. The molecule has 2 N–H and O–H groups in total. The standard InChI is InChI=1S/C18H15N7O2S/c1-2-27-18(26)12-7-8-20-16(9-12)28-15-5-3-14(4-6-15)21-11-13(10-19)17-22-24-25-23-17/h3-9,11,21H,2H2,1H3,(H,22,23,24,25). The maximum Gasteiger partial charge on any atom is 0.338 e. The van der Waals surface area contributed by atoms with E-state index in [-0.39, 0.29) is 17.4 Å². The van der Waals surface area contributed by atoms with Gasteiger partial charge in [0.15, 0.2) is 0 Å². The first-order valence-corrected chi connectivity index (χ1v) is 9.03. The number of H-pyrrole nitrogens is 1. The number of tetrazole rings is 1. The van der Waals surface area contributed by atoms with Gasteiger partial charge in [0, 0.05) is 23.0 Å². The third-order valence-electron chi connectivity index (χ3n) is 3.41. The fourth-order valence-electron chi connectivity index (χ4n) is 2.12. The Kier molecular flexibility index (Phi) is 6.33.